The Morgan fingerprint density at radius 2 is 2.14 bits per heavy atom. The van der Waals surface area contributed by atoms with Gasteiger partial charge in [0.2, 0.25) is 11.0 Å². The van der Waals surface area contributed by atoms with E-state index in [1.165, 1.54) is 16.7 Å². The van der Waals surface area contributed by atoms with Crippen LogP contribution >= 0.6 is 36.2 Å². The van der Waals surface area contributed by atoms with Crippen LogP contribution in [0.15, 0.2) is 58.9 Å². The molecule has 0 unspecified atom stereocenters. The van der Waals surface area contributed by atoms with Crippen LogP contribution in [-0.2, 0) is 20.8 Å². The second-order valence-electron chi connectivity index (χ2n) is 6.60. The fourth-order valence-corrected chi connectivity index (χ4v) is 5.66. The summed E-state index contributed by atoms with van der Waals surface area (Å²) in [6, 6.07) is 8.98. The van der Waals surface area contributed by atoms with Crippen LogP contribution in [0.3, 0.4) is 0 Å². The summed E-state index contributed by atoms with van der Waals surface area (Å²) in [5, 5.41) is 8.75. The summed E-state index contributed by atoms with van der Waals surface area (Å²) in [5.41, 5.74) is 2.10. The predicted molar refractivity (Wildman–Crippen MR) is 115 cm³/mol. The number of carbonyl (C=O) groups is 3. The number of β-lactam (4-membered cyclic amide) rings is 1. The number of thioether (sulfide) groups is 2. The first kappa shape index (κ1) is 20.1. The molecule has 1 fully saturated rings. The van der Waals surface area contributed by atoms with Gasteiger partial charge in [0.1, 0.15) is 11.4 Å². The highest BCUT2D eigenvalue weighted by Crippen LogP contribution is 2.41. The molecule has 2 amide bonds. The number of nitrogens with one attached hydrogen (secondary N) is 2. The smallest absolute Gasteiger partial charge is 0.253 e. The Labute approximate surface area is 181 Å². The van der Waals surface area contributed by atoms with Gasteiger partial charge in [0.25, 0.3) is 5.91 Å². The third-order valence-corrected chi connectivity index (χ3v) is 7.22. The Morgan fingerprint density at radius 1 is 1.34 bits per heavy atom. The molecule has 2 aliphatic rings. The van der Waals surface area contributed by atoms with Crippen molar-refractivity contribution < 1.29 is 14.4 Å². The molecule has 29 heavy (non-hydrogen) atoms. The Morgan fingerprint density at radius 3 is 2.83 bits per heavy atom. The minimum Gasteiger partial charge on any atom is -0.341 e. The van der Waals surface area contributed by atoms with Crippen molar-refractivity contribution in [3.8, 4) is 0 Å². The SMILES string of the molecule is O=C(CSc1ccccc1)N[C@@H]1C(=O)N2C(C(=O)S)=C(Cc3cn[nH]c3)CS[C@H]12. The number of hydrogen-bond donors (Lipinski definition) is 3. The third-order valence-electron chi connectivity index (χ3n) is 4.65. The van der Waals surface area contributed by atoms with Crippen LogP contribution in [0.25, 0.3) is 0 Å². The molecular formula is C19H18N4O3S3. The van der Waals surface area contributed by atoms with Crippen molar-refractivity contribution >= 4 is 53.1 Å². The molecule has 1 saturated heterocycles. The first-order valence-corrected chi connectivity index (χ1v) is 11.4. The summed E-state index contributed by atoms with van der Waals surface area (Å²) in [5.74, 6) is 0.337. The summed E-state index contributed by atoms with van der Waals surface area (Å²) < 4.78 is 0. The van der Waals surface area contributed by atoms with Crippen molar-refractivity contribution in [3.63, 3.8) is 0 Å². The second-order valence-corrected chi connectivity index (χ2v) is 9.16. The Kier molecular flexibility index (Phi) is 6.02. The van der Waals surface area contributed by atoms with Gasteiger partial charge in [-0.15, -0.1) is 23.5 Å². The van der Waals surface area contributed by atoms with Gasteiger partial charge in [0, 0.05) is 16.8 Å². The lowest BCUT2D eigenvalue weighted by atomic mass is 10.0. The average Bonchev–Trinajstić information content (AvgIpc) is 3.23. The molecule has 2 aromatic rings. The van der Waals surface area contributed by atoms with Crippen LogP contribution in [-0.4, -0.2) is 54.9 Å². The highest BCUT2D eigenvalue weighted by Gasteiger charge is 2.53. The molecule has 7 nitrogen and oxygen atoms in total. The van der Waals surface area contributed by atoms with Crippen molar-refractivity contribution in [1.29, 1.82) is 0 Å². The molecule has 4 rings (SSSR count). The molecule has 0 bridgehead atoms. The van der Waals surface area contributed by atoms with Crippen molar-refractivity contribution in [2.75, 3.05) is 11.5 Å². The molecule has 0 aliphatic carbocycles. The zero-order valence-corrected chi connectivity index (χ0v) is 17.7. The Hall–Kier alpha value is -2.17. The van der Waals surface area contributed by atoms with Gasteiger partial charge in [0.05, 0.1) is 17.6 Å². The second kappa shape index (κ2) is 8.68. The van der Waals surface area contributed by atoms with Gasteiger partial charge in [-0.05, 0) is 29.7 Å². The van der Waals surface area contributed by atoms with Crippen molar-refractivity contribution in [3.05, 3.63) is 59.6 Å². The molecule has 0 spiro atoms. The fourth-order valence-electron chi connectivity index (χ4n) is 3.32. The summed E-state index contributed by atoms with van der Waals surface area (Å²) >= 11 is 6.94. The maximum Gasteiger partial charge on any atom is 0.253 e. The summed E-state index contributed by atoms with van der Waals surface area (Å²) in [6.45, 7) is 0. The van der Waals surface area contributed by atoms with Crippen LogP contribution in [0, 0.1) is 0 Å². The third kappa shape index (κ3) is 4.24. The number of aromatic amines is 1. The van der Waals surface area contributed by atoms with Crippen LogP contribution in [0.2, 0.25) is 0 Å². The zero-order chi connectivity index (χ0) is 20.4. The zero-order valence-electron chi connectivity index (χ0n) is 15.2. The van der Waals surface area contributed by atoms with Crippen molar-refractivity contribution in [2.45, 2.75) is 22.7 Å². The number of rotatable bonds is 7. The topological polar surface area (TPSA) is 95.2 Å². The number of H-pyrrole nitrogens is 1. The van der Waals surface area contributed by atoms with E-state index in [1.807, 2.05) is 30.3 Å². The van der Waals surface area contributed by atoms with Crippen molar-refractivity contribution in [1.82, 2.24) is 20.4 Å². The number of hydrogen-bond acceptors (Lipinski definition) is 6. The van der Waals surface area contributed by atoms with E-state index in [-0.39, 0.29) is 22.9 Å². The van der Waals surface area contributed by atoms with E-state index in [9.17, 15) is 14.4 Å². The molecule has 1 aromatic heterocycles. The van der Waals surface area contributed by atoms with E-state index in [0.717, 1.165) is 16.0 Å². The van der Waals surface area contributed by atoms with Gasteiger partial charge in [-0.3, -0.25) is 24.4 Å². The minimum atomic E-state index is -0.623. The van der Waals surface area contributed by atoms with E-state index < -0.39 is 11.2 Å². The molecule has 2 atom stereocenters. The molecule has 2 N–H and O–H groups in total. The van der Waals surface area contributed by atoms with E-state index in [0.29, 0.717) is 17.9 Å². The molecule has 0 radical (unpaired) electrons. The number of carbonyl (C=O) groups excluding carboxylic acids is 3. The number of aromatic nitrogens is 2. The van der Waals surface area contributed by atoms with E-state index in [1.54, 1.807) is 24.2 Å². The Balaban J connectivity index is 1.41. The molecule has 150 valence electrons. The van der Waals surface area contributed by atoms with Gasteiger partial charge >= 0.3 is 0 Å². The number of nitrogens with zero attached hydrogens (tertiary/aromatic N) is 2. The highest BCUT2D eigenvalue weighted by atomic mass is 32.2. The monoisotopic (exact) mass is 446 g/mol. The average molecular weight is 447 g/mol. The molecular weight excluding hydrogens is 428 g/mol. The van der Waals surface area contributed by atoms with E-state index in [4.69, 9.17) is 0 Å². The minimum absolute atomic E-state index is 0.204. The maximum atomic E-state index is 12.7. The van der Waals surface area contributed by atoms with Crippen LogP contribution in [0.5, 0.6) is 0 Å². The van der Waals surface area contributed by atoms with Gasteiger partial charge in [0.15, 0.2) is 0 Å². The van der Waals surface area contributed by atoms with Crippen LogP contribution in [0.4, 0.5) is 0 Å². The quantitative estimate of drug-likeness (QED) is 0.341. The standard InChI is InChI=1S/C19H18N4O3S3/c24-14(10-28-13-4-2-1-3-5-13)22-15-17(25)23-16(19(26)27)12(9-29-18(15)23)6-11-7-20-21-8-11/h1-5,7-8,15,18H,6,9-10H2,(H,20,21)(H,22,24)(H,26,27)/t15-,18-/m1/s1. The Bertz CT molecular complexity index is 962. The molecule has 3 heterocycles. The molecule has 2 aliphatic heterocycles. The number of fused-ring (bicyclic) bond motifs is 1. The summed E-state index contributed by atoms with van der Waals surface area (Å²) in [6.07, 6.45) is 3.97. The molecule has 10 heteroatoms. The molecule has 0 saturated carbocycles. The fraction of sp³-hybridized carbons (Fsp3) is 0.263. The highest BCUT2D eigenvalue weighted by molar-refractivity contribution is 8.00. The maximum absolute atomic E-state index is 12.7. The molecule has 1 aromatic carbocycles. The van der Waals surface area contributed by atoms with E-state index in [2.05, 4.69) is 28.1 Å². The number of thiol groups is 1. The predicted octanol–water partition coefficient (Wildman–Crippen LogP) is 1.85. The lowest BCUT2D eigenvalue weighted by Gasteiger charge is -2.50. The number of amides is 2. The van der Waals surface area contributed by atoms with Crippen LogP contribution < -0.4 is 5.32 Å². The lowest BCUT2D eigenvalue weighted by molar-refractivity contribution is -0.146. The van der Waals surface area contributed by atoms with Gasteiger partial charge in [-0.2, -0.15) is 5.10 Å². The van der Waals surface area contributed by atoms with Crippen molar-refractivity contribution in [2.24, 2.45) is 0 Å². The lowest BCUT2D eigenvalue weighted by Crippen LogP contribution is -2.70. The van der Waals surface area contributed by atoms with Gasteiger partial charge < -0.3 is 5.32 Å². The van der Waals surface area contributed by atoms with Gasteiger partial charge in [-0.1, -0.05) is 30.8 Å². The number of benzene rings is 1. The van der Waals surface area contributed by atoms with Crippen LogP contribution in [0.1, 0.15) is 5.56 Å². The first-order chi connectivity index (χ1) is 14.0. The summed E-state index contributed by atoms with van der Waals surface area (Å²) in [4.78, 5) is 39.6. The first-order valence-electron chi connectivity index (χ1n) is 8.89. The normalized spacial score (nSPS) is 20.9. The largest absolute Gasteiger partial charge is 0.341 e. The van der Waals surface area contributed by atoms with Gasteiger partial charge in [-0.25, -0.2) is 0 Å². The van der Waals surface area contributed by atoms with E-state index >= 15 is 0 Å². The summed E-state index contributed by atoms with van der Waals surface area (Å²) in [7, 11) is 0.